The quantitative estimate of drug-likeness (QED) is 0.0212. The molecular formula is C64H96O16. The van der Waals surface area contributed by atoms with Gasteiger partial charge in [-0.05, 0) is 101 Å². The molecule has 0 fully saturated rings. The summed E-state index contributed by atoms with van der Waals surface area (Å²) >= 11 is 0. The molecule has 0 amide bonds. The van der Waals surface area contributed by atoms with Gasteiger partial charge in [0.2, 0.25) is 0 Å². The Kier molecular flexibility index (Phi) is 26.3. The van der Waals surface area contributed by atoms with Crippen molar-refractivity contribution in [2.75, 3.05) is 79.3 Å². The first-order chi connectivity index (χ1) is 38.2. The van der Waals surface area contributed by atoms with Crippen LogP contribution in [0.1, 0.15) is 199 Å². The molecule has 5 rings (SSSR count). The Morgan fingerprint density at radius 2 is 0.425 bits per heavy atom. The Balaban J connectivity index is 2.11. The summed E-state index contributed by atoms with van der Waals surface area (Å²) in [6.07, 6.45) is 1.39. The predicted octanol–water partition coefficient (Wildman–Crippen LogP) is 12.6. The highest BCUT2D eigenvalue weighted by molar-refractivity contribution is 5.67. The molecule has 0 spiro atoms. The average molecular weight is 1120 g/mol. The zero-order chi connectivity index (χ0) is 58.8. The van der Waals surface area contributed by atoms with E-state index in [9.17, 15) is 40.9 Å². The smallest absolute Gasteiger partial charge is 0.128 e. The molecule has 1 aliphatic carbocycles. The summed E-state index contributed by atoms with van der Waals surface area (Å²) in [5.74, 6) is -5.60. The summed E-state index contributed by atoms with van der Waals surface area (Å²) in [5, 5.41) is 103. The van der Waals surface area contributed by atoms with Gasteiger partial charge in [0.1, 0.15) is 46.0 Å². The highest BCUT2D eigenvalue weighted by atomic mass is 16.5. The van der Waals surface area contributed by atoms with Crippen molar-refractivity contribution in [1.82, 2.24) is 0 Å². The van der Waals surface area contributed by atoms with Crippen molar-refractivity contribution in [3.8, 4) is 46.0 Å². The van der Waals surface area contributed by atoms with Crippen LogP contribution in [-0.4, -0.2) is 120 Å². The minimum atomic E-state index is -0.822. The Hall–Kier alpha value is -5.04. The molecule has 8 bridgehead atoms. The van der Waals surface area contributed by atoms with E-state index in [1.807, 2.05) is 83.1 Å². The number of fused-ring (bicyclic) bond motifs is 8. The zero-order valence-electron chi connectivity index (χ0n) is 49.9. The van der Waals surface area contributed by atoms with Gasteiger partial charge in [-0.2, -0.15) is 0 Å². The fourth-order valence-corrected chi connectivity index (χ4v) is 11.0. The first-order valence-corrected chi connectivity index (χ1v) is 29.2. The fraction of sp³-hybridized carbons (Fsp3) is 0.625. The topological polar surface area (TPSA) is 236 Å². The van der Waals surface area contributed by atoms with Gasteiger partial charge >= 0.3 is 0 Å². The van der Waals surface area contributed by atoms with E-state index in [0.717, 1.165) is 0 Å². The SMILES string of the molecule is CCOCCOCc1c(O)c2cc(c1O)C(CC(C)C)c1cc(c(O)c(COCCOCC)c1O)C(CC(C)C)c1cc(c(O)c(COCCOCC)c1O)C(CC(C)C)c1cc(c(O)c(COCCOCC)c1O)C2CC(C)C. The van der Waals surface area contributed by atoms with E-state index in [4.69, 9.17) is 37.9 Å². The number of benzene rings is 4. The molecular weight excluding hydrogens is 1020 g/mol. The molecule has 80 heavy (non-hydrogen) atoms. The Labute approximate surface area is 475 Å². The molecule has 0 aliphatic heterocycles. The Morgan fingerprint density at radius 3 is 0.562 bits per heavy atom. The van der Waals surface area contributed by atoms with Gasteiger partial charge in [0.05, 0.1) is 102 Å². The van der Waals surface area contributed by atoms with Gasteiger partial charge in [-0.15, -0.1) is 0 Å². The number of aromatic hydroxyl groups is 8. The van der Waals surface area contributed by atoms with E-state index < -0.39 is 23.7 Å². The molecule has 4 aromatic rings. The molecule has 0 unspecified atom stereocenters. The Bertz CT molecular complexity index is 2110. The van der Waals surface area contributed by atoms with E-state index in [-0.39, 0.29) is 171 Å². The molecule has 0 atom stereocenters. The van der Waals surface area contributed by atoms with E-state index in [0.29, 0.717) is 96.6 Å². The number of hydrogen-bond donors (Lipinski definition) is 8. The first-order valence-electron chi connectivity index (χ1n) is 29.2. The summed E-state index contributed by atoms with van der Waals surface area (Å²) in [6.45, 7) is 26.3. The minimum Gasteiger partial charge on any atom is -0.507 e. The lowest BCUT2D eigenvalue weighted by atomic mass is 9.73. The van der Waals surface area contributed by atoms with Crippen LogP contribution in [0.15, 0.2) is 24.3 Å². The van der Waals surface area contributed by atoms with Crippen LogP contribution in [0.3, 0.4) is 0 Å². The van der Waals surface area contributed by atoms with Crippen molar-refractivity contribution in [1.29, 1.82) is 0 Å². The predicted molar refractivity (Wildman–Crippen MR) is 309 cm³/mol. The van der Waals surface area contributed by atoms with Crippen LogP contribution in [0.25, 0.3) is 0 Å². The highest BCUT2D eigenvalue weighted by Crippen LogP contribution is 2.56. The van der Waals surface area contributed by atoms with Crippen LogP contribution in [-0.2, 0) is 64.3 Å². The summed E-state index contributed by atoms with van der Waals surface area (Å²) in [5.41, 5.74) is 3.15. The molecule has 1 aliphatic rings. The molecule has 0 radical (unpaired) electrons. The second kappa shape index (κ2) is 32.0. The molecule has 4 aromatic carbocycles. The van der Waals surface area contributed by atoms with Crippen LogP contribution >= 0.6 is 0 Å². The van der Waals surface area contributed by atoms with Crippen molar-refractivity contribution in [3.63, 3.8) is 0 Å². The fourth-order valence-electron chi connectivity index (χ4n) is 11.0. The summed E-state index contributed by atoms with van der Waals surface area (Å²) in [7, 11) is 0. The lowest BCUT2D eigenvalue weighted by Gasteiger charge is -2.33. The normalized spacial score (nSPS) is 16.5. The Morgan fingerprint density at radius 1 is 0.275 bits per heavy atom. The highest BCUT2D eigenvalue weighted by Gasteiger charge is 2.38. The zero-order valence-corrected chi connectivity index (χ0v) is 49.9. The van der Waals surface area contributed by atoms with Gasteiger partial charge in [0.15, 0.2) is 0 Å². The summed E-state index contributed by atoms with van der Waals surface area (Å²) in [4.78, 5) is 0. The van der Waals surface area contributed by atoms with E-state index in [1.54, 1.807) is 24.3 Å². The van der Waals surface area contributed by atoms with Crippen molar-refractivity contribution in [2.45, 2.75) is 159 Å². The third-order valence-corrected chi connectivity index (χ3v) is 14.8. The molecule has 8 N–H and O–H groups in total. The van der Waals surface area contributed by atoms with Crippen molar-refractivity contribution >= 4 is 0 Å². The van der Waals surface area contributed by atoms with Crippen LogP contribution in [0.2, 0.25) is 0 Å². The standard InChI is InChI=1S/C64H96O16/c1-13-73-17-21-77-33-53-57(65)45-29-46(58(53)66)42(26-38(7)8)48-31-50(62(70)55(60(48)68)35-79-23-19-75-15-3)44(28-40(11)12)52-32-51(63(71)56(64(52)72)36-80-24-20-76-16-4)43(27-39(9)10)49-30-47(41(45)25-37(5)6)59(67)54(61(49)69)34-78-22-18-74-14-2/h29-32,37-44,65-72H,13-28,33-36H2,1-12H3. The number of hydrogen-bond acceptors (Lipinski definition) is 16. The van der Waals surface area contributed by atoms with Crippen LogP contribution in [0, 0.1) is 23.7 Å². The van der Waals surface area contributed by atoms with Crippen LogP contribution in [0.4, 0.5) is 0 Å². The maximum Gasteiger partial charge on any atom is 0.128 e. The van der Waals surface area contributed by atoms with Gasteiger partial charge in [-0.3, -0.25) is 0 Å². The monoisotopic (exact) mass is 1120 g/mol. The summed E-state index contributed by atoms with van der Waals surface area (Å²) < 4.78 is 47.0. The molecule has 448 valence electrons. The molecule has 16 heteroatoms. The lowest BCUT2D eigenvalue weighted by molar-refractivity contribution is 0.0437. The number of ether oxygens (including phenoxy) is 8. The molecule has 16 nitrogen and oxygen atoms in total. The molecule has 0 saturated heterocycles. The number of phenolic OH excluding ortho intramolecular Hbond substituents is 8. The van der Waals surface area contributed by atoms with Crippen LogP contribution in [0.5, 0.6) is 46.0 Å². The second-order valence-corrected chi connectivity index (χ2v) is 22.6. The number of phenols is 8. The average Bonchev–Trinajstić information content (AvgIpc) is 3.39. The van der Waals surface area contributed by atoms with E-state index in [2.05, 4.69) is 0 Å². The van der Waals surface area contributed by atoms with Crippen molar-refractivity contribution in [3.05, 3.63) is 91.0 Å². The lowest BCUT2D eigenvalue weighted by Crippen LogP contribution is -2.17. The number of rotatable bonds is 32. The van der Waals surface area contributed by atoms with E-state index >= 15 is 0 Å². The third-order valence-electron chi connectivity index (χ3n) is 14.8. The summed E-state index contributed by atoms with van der Waals surface area (Å²) in [6, 6.07) is 7.02. The van der Waals surface area contributed by atoms with Gasteiger partial charge < -0.3 is 78.7 Å². The first kappa shape index (κ1) is 65.8. The van der Waals surface area contributed by atoms with Gasteiger partial charge in [0, 0.05) is 94.6 Å². The van der Waals surface area contributed by atoms with E-state index in [1.165, 1.54) is 0 Å². The van der Waals surface area contributed by atoms with Crippen molar-refractivity contribution < 1.29 is 78.7 Å². The second-order valence-electron chi connectivity index (χ2n) is 22.6. The van der Waals surface area contributed by atoms with Crippen molar-refractivity contribution in [2.24, 2.45) is 23.7 Å². The van der Waals surface area contributed by atoms with Gasteiger partial charge in [-0.25, -0.2) is 0 Å². The molecule has 0 heterocycles. The minimum absolute atomic E-state index is 0.0607. The van der Waals surface area contributed by atoms with Gasteiger partial charge in [0.25, 0.3) is 0 Å². The van der Waals surface area contributed by atoms with Crippen LogP contribution < -0.4 is 0 Å². The van der Waals surface area contributed by atoms with Gasteiger partial charge in [-0.1, -0.05) is 55.4 Å². The maximum absolute atomic E-state index is 12.8. The molecule has 0 saturated carbocycles. The third kappa shape index (κ3) is 16.6. The maximum atomic E-state index is 12.8. The largest absolute Gasteiger partial charge is 0.507 e. The molecule has 0 aromatic heterocycles.